The molecule has 1 heterocycles. The van der Waals surface area contributed by atoms with Gasteiger partial charge in [0.15, 0.2) is 11.5 Å². The third-order valence-corrected chi connectivity index (χ3v) is 5.07. The van der Waals surface area contributed by atoms with E-state index in [0.717, 1.165) is 13.1 Å². The molecule has 148 valence electrons. The van der Waals surface area contributed by atoms with Crippen LogP contribution in [0.3, 0.4) is 0 Å². The first-order chi connectivity index (χ1) is 13.5. The molecule has 0 saturated heterocycles. The van der Waals surface area contributed by atoms with Crippen molar-refractivity contribution in [1.82, 2.24) is 0 Å². The van der Waals surface area contributed by atoms with E-state index in [4.69, 9.17) is 14.2 Å². The fourth-order valence-corrected chi connectivity index (χ4v) is 3.31. The van der Waals surface area contributed by atoms with Gasteiger partial charge in [0.1, 0.15) is 23.8 Å². The lowest BCUT2D eigenvalue weighted by molar-refractivity contribution is -0.910. The summed E-state index contributed by atoms with van der Waals surface area (Å²) in [6.45, 7) is 6.59. The quantitative estimate of drug-likeness (QED) is 0.718. The molecule has 0 unspecified atom stereocenters. The molecule has 1 aliphatic heterocycles. The number of carbonyl (C=O) groups excluding carboxylic acids is 1. The number of methoxy groups -OCH3 is 2. The van der Waals surface area contributed by atoms with Crippen LogP contribution in [-0.2, 0) is 6.54 Å². The van der Waals surface area contributed by atoms with Crippen molar-refractivity contribution in [2.45, 2.75) is 20.4 Å². The number of rotatable bonds is 7. The number of phenolic OH excluding ortho intramolecular Hbond substituents is 1. The van der Waals surface area contributed by atoms with Crippen LogP contribution in [0.25, 0.3) is 6.08 Å². The highest BCUT2D eigenvalue weighted by Crippen LogP contribution is 2.39. The minimum absolute atomic E-state index is 0.145. The van der Waals surface area contributed by atoms with E-state index in [0.29, 0.717) is 40.5 Å². The first kappa shape index (κ1) is 19.8. The van der Waals surface area contributed by atoms with E-state index in [9.17, 15) is 9.90 Å². The summed E-state index contributed by atoms with van der Waals surface area (Å²) in [4.78, 5) is 14.2. The zero-order valence-corrected chi connectivity index (χ0v) is 16.7. The van der Waals surface area contributed by atoms with Gasteiger partial charge in [0.05, 0.1) is 38.4 Å². The highest BCUT2D eigenvalue weighted by Gasteiger charge is 2.32. The number of allylic oxidation sites excluding steroid dienone is 1. The average Bonchev–Trinajstić information content (AvgIpc) is 3.03. The molecule has 2 aromatic rings. The van der Waals surface area contributed by atoms with Crippen LogP contribution in [0.15, 0.2) is 36.1 Å². The van der Waals surface area contributed by atoms with Gasteiger partial charge in [0, 0.05) is 5.56 Å². The Balaban J connectivity index is 2.01. The Hall–Kier alpha value is -2.99. The number of benzene rings is 2. The van der Waals surface area contributed by atoms with Gasteiger partial charge in [0.2, 0.25) is 5.78 Å². The summed E-state index contributed by atoms with van der Waals surface area (Å²) in [5.41, 5.74) is 1.80. The Morgan fingerprint density at radius 3 is 2.50 bits per heavy atom. The van der Waals surface area contributed by atoms with Gasteiger partial charge in [-0.05, 0) is 50.3 Å². The summed E-state index contributed by atoms with van der Waals surface area (Å²) in [6.07, 6.45) is 1.65. The van der Waals surface area contributed by atoms with Gasteiger partial charge >= 0.3 is 0 Å². The third kappa shape index (κ3) is 3.68. The van der Waals surface area contributed by atoms with Crippen molar-refractivity contribution in [1.29, 1.82) is 0 Å². The van der Waals surface area contributed by atoms with Crippen LogP contribution in [0.4, 0.5) is 0 Å². The average molecular weight is 384 g/mol. The molecule has 6 nitrogen and oxygen atoms in total. The van der Waals surface area contributed by atoms with Crippen LogP contribution in [-0.4, -0.2) is 38.2 Å². The summed E-state index contributed by atoms with van der Waals surface area (Å²) >= 11 is 0. The van der Waals surface area contributed by atoms with Crippen molar-refractivity contribution < 1.29 is 29.0 Å². The molecule has 0 atom stereocenters. The first-order valence-corrected chi connectivity index (χ1v) is 9.37. The van der Waals surface area contributed by atoms with E-state index >= 15 is 0 Å². The second-order valence-corrected chi connectivity index (χ2v) is 6.62. The lowest BCUT2D eigenvalue weighted by Crippen LogP contribution is -3.10. The molecule has 0 radical (unpaired) electrons. The monoisotopic (exact) mass is 384 g/mol. The van der Waals surface area contributed by atoms with Crippen LogP contribution in [0, 0.1) is 0 Å². The van der Waals surface area contributed by atoms with Gasteiger partial charge < -0.3 is 24.2 Å². The van der Waals surface area contributed by atoms with Crippen LogP contribution in [0.5, 0.6) is 23.0 Å². The van der Waals surface area contributed by atoms with E-state index < -0.39 is 0 Å². The van der Waals surface area contributed by atoms with Crippen LogP contribution in [0.1, 0.15) is 35.3 Å². The molecule has 0 fully saturated rings. The molecule has 6 heteroatoms. The molecule has 0 aromatic heterocycles. The molecular weight excluding hydrogens is 358 g/mol. The van der Waals surface area contributed by atoms with E-state index in [1.807, 2.05) is 0 Å². The van der Waals surface area contributed by atoms with Crippen molar-refractivity contribution in [3.8, 4) is 23.0 Å². The molecule has 2 N–H and O–H groups in total. The number of quaternary nitrogens is 1. The minimum Gasteiger partial charge on any atom is -0.507 e. The summed E-state index contributed by atoms with van der Waals surface area (Å²) < 4.78 is 16.6. The molecule has 0 bridgehead atoms. The molecule has 0 amide bonds. The minimum atomic E-state index is -0.212. The van der Waals surface area contributed by atoms with Crippen molar-refractivity contribution >= 4 is 11.9 Å². The first-order valence-electron chi connectivity index (χ1n) is 9.37. The Labute approximate surface area is 164 Å². The fourth-order valence-electron chi connectivity index (χ4n) is 3.31. The normalized spacial score (nSPS) is 14.3. The smallest absolute Gasteiger partial charge is 0.231 e. The molecule has 1 aliphatic rings. The second kappa shape index (κ2) is 8.35. The number of hydrogen-bond acceptors (Lipinski definition) is 5. The molecular formula is C22H26NO5+. The Morgan fingerprint density at radius 1 is 1.11 bits per heavy atom. The van der Waals surface area contributed by atoms with E-state index in [1.165, 1.54) is 4.90 Å². The van der Waals surface area contributed by atoms with Crippen molar-refractivity contribution in [2.75, 3.05) is 27.3 Å². The van der Waals surface area contributed by atoms with E-state index in [1.54, 1.807) is 50.6 Å². The molecule has 3 rings (SSSR count). The van der Waals surface area contributed by atoms with Crippen LogP contribution in [0.2, 0.25) is 0 Å². The van der Waals surface area contributed by atoms with Crippen LogP contribution < -0.4 is 19.1 Å². The van der Waals surface area contributed by atoms with Gasteiger partial charge in [-0.2, -0.15) is 0 Å². The van der Waals surface area contributed by atoms with Crippen molar-refractivity contribution in [3.05, 3.63) is 52.8 Å². The molecule has 0 spiro atoms. The number of hydrogen-bond donors (Lipinski definition) is 2. The lowest BCUT2D eigenvalue weighted by Gasteiger charge is -2.17. The van der Waals surface area contributed by atoms with Crippen molar-refractivity contribution in [2.24, 2.45) is 0 Å². The highest BCUT2D eigenvalue weighted by atomic mass is 16.5. The Bertz CT molecular complexity index is 915. The van der Waals surface area contributed by atoms with Crippen LogP contribution >= 0.6 is 0 Å². The zero-order valence-electron chi connectivity index (χ0n) is 16.7. The fraction of sp³-hybridized carbons (Fsp3) is 0.318. The molecule has 28 heavy (non-hydrogen) atoms. The third-order valence-electron chi connectivity index (χ3n) is 5.07. The maximum absolute atomic E-state index is 12.9. The molecule has 0 saturated carbocycles. The predicted molar refractivity (Wildman–Crippen MR) is 106 cm³/mol. The SMILES string of the molecule is CC[NH+](CC)Cc1c(O)ccc2c1O/C(=C\c1cc(OC)ccc1OC)C2=O. The van der Waals surface area contributed by atoms with Gasteiger partial charge in [-0.1, -0.05) is 0 Å². The summed E-state index contributed by atoms with van der Waals surface area (Å²) in [5.74, 6) is 1.83. The van der Waals surface area contributed by atoms with Gasteiger partial charge in [-0.3, -0.25) is 4.79 Å². The highest BCUT2D eigenvalue weighted by molar-refractivity contribution is 6.15. The number of Topliss-reactive ketones (excluding diaryl/α,β-unsaturated/α-hetero) is 1. The maximum atomic E-state index is 12.9. The second-order valence-electron chi connectivity index (χ2n) is 6.62. The van der Waals surface area contributed by atoms with Gasteiger partial charge in [0.25, 0.3) is 0 Å². The number of carbonyl (C=O) groups is 1. The van der Waals surface area contributed by atoms with E-state index in [-0.39, 0.29) is 17.3 Å². The van der Waals surface area contributed by atoms with Gasteiger partial charge in [-0.25, -0.2) is 0 Å². The predicted octanol–water partition coefficient (Wildman–Crippen LogP) is 2.45. The summed E-state index contributed by atoms with van der Waals surface area (Å²) in [6, 6.07) is 8.52. The number of phenols is 1. The summed E-state index contributed by atoms with van der Waals surface area (Å²) in [7, 11) is 3.15. The maximum Gasteiger partial charge on any atom is 0.231 e. The zero-order chi connectivity index (χ0) is 20.3. The number of fused-ring (bicyclic) bond motifs is 1. The largest absolute Gasteiger partial charge is 0.507 e. The Kier molecular flexibility index (Phi) is 5.90. The molecule has 2 aromatic carbocycles. The molecule has 0 aliphatic carbocycles. The number of ether oxygens (including phenoxy) is 3. The number of nitrogens with one attached hydrogen (secondary N) is 1. The summed E-state index contributed by atoms with van der Waals surface area (Å²) in [5, 5.41) is 10.4. The lowest BCUT2D eigenvalue weighted by atomic mass is 10.0. The Morgan fingerprint density at radius 2 is 1.86 bits per heavy atom. The van der Waals surface area contributed by atoms with Gasteiger partial charge in [-0.15, -0.1) is 0 Å². The number of ketones is 1. The topological polar surface area (TPSA) is 69.4 Å². The van der Waals surface area contributed by atoms with E-state index in [2.05, 4.69) is 13.8 Å². The standard InChI is InChI=1S/C22H25NO5/c1-5-23(6-2)13-17-18(24)9-8-16-21(25)20(28-22(16)17)12-14-11-15(26-3)7-10-19(14)27-4/h7-12,24H,5-6,13H2,1-4H3/p+1/b20-12-. The number of aromatic hydroxyl groups is 1. The van der Waals surface area contributed by atoms with Crippen molar-refractivity contribution in [3.63, 3.8) is 0 Å².